The molecule has 0 atom stereocenters. The number of aromatic nitrogens is 1. The molecule has 0 fully saturated rings. The molecule has 0 radical (unpaired) electrons. The van der Waals surface area contributed by atoms with Crippen LogP contribution >= 0.6 is 0 Å². The van der Waals surface area contributed by atoms with Gasteiger partial charge in [-0.25, -0.2) is 9.78 Å². The molecule has 0 aliphatic carbocycles. The van der Waals surface area contributed by atoms with E-state index >= 15 is 0 Å². The van der Waals surface area contributed by atoms with Crippen LogP contribution in [0.1, 0.15) is 32.0 Å². The summed E-state index contributed by atoms with van der Waals surface area (Å²) in [4.78, 5) is 20.6. The molecule has 2 rings (SSSR count). The van der Waals surface area contributed by atoms with Gasteiger partial charge in [0.1, 0.15) is 11.4 Å². The number of rotatable bonds is 1. The summed E-state index contributed by atoms with van der Waals surface area (Å²) in [6.07, 6.45) is 1.37. The van der Waals surface area contributed by atoms with Gasteiger partial charge in [-0.1, -0.05) is 6.07 Å². The van der Waals surface area contributed by atoms with Gasteiger partial charge in [0.25, 0.3) is 0 Å². The number of carbonyl (C=O) groups is 1. The second kappa shape index (κ2) is 5.92. The molecular formula is C16H25N3O2. The van der Waals surface area contributed by atoms with Crippen molar-refractivity contribution in [1.29, 1.82) is 0 Å². The largest absolute Gasteiger partial charge is 0.444 e. The fraction of sp³-hybridized carbons (Fsp3) is 0.625. The Balaban J connectivity index is 2.08. The van der Waals surface area contributed by atoms with Gasteiger partial charge in [0.2, 0.25) is 0 Å². The summed E-state index contributed by atoms with van der Waals surface area (Å²) in [6, 6.07) is 4.15. The summed E-state index contributed by atoms with van der Waals surface area (Å²) in [5, 5.41) is 0. The normalized spacial score (nSPS) is 15.2. The van der Waals surface area contributed by atoms with E-state index in [0.717, 1.165) is 24.4 Å². The number of nitrogens with zero attached hydrogens (tertiary/aromatic N) is 3. The second-order valence-corrected chi connectivity index (χ2v) is 6.64. The highest BCUT2D eigenvalue weighted by molar-refractivity contribution is 5.68. The van der Waals surface area contributed by atoms with Crippen molar-refractivity contribution in [3.8, 4) is 0 Å². The van der Waals surface area contributed by atoms with Crippen LogP contribution in [0.5, 0.6) is 0 Å². The van der Waals surface area contributed by atoms with Crippen molar-refractivity contribution in [2.24, 2.45) is 0 Å². The van der Waals surface area contributed by atoms with Gasteiger partial charge >= 0.3 is 6.09 Å². The van der Waals surface area contributed by atoms with Gasteiger partial charge < -0.3 is 14.5 Å². The van der Waals surface area contributed by atoms with E-state index in [9.17, 15) is 4.79 Å². The lowest BCUT2D eigenvalue weighted by Crippen LogP contribution is -2.38. The Morgan fingerprint density at radius 3 is 2.52 bits per heavy atom. The number of anilines is 1. The average Bonchev–Trinajstić information content (AvgIpc) is 2.58. The van der Waals surface area contributed by atoms with Gasteiger partial charge in [-0.2, -0.15) is 0 Å². The molecule has 1 aromatic rings. The Bertz CT molecular complexity index is 521. The van der Waals surface area contributed by atoms with Crippen LogP contribution in [-0.2, 0) is 17.6 Å². The van der Waals surface area contributed by atoms with Crippen molar-refractivity contribution in [3.05, 3.63) is 23.4 Å². The molecule has 0 aromatic carbocycles. The van der Waals surface area contributed by atoms with Crippen LogP contribution in [-0.4, -0.2) is 48.8 Å². The molecule has 0 bridgehead atoms. The minimum absolute atomic E-state index is 0.233. The highest BCUT2D eigenvalue weighted by atomic mass is 16.6. The van der Waals surface area contributed by atoms with Gasteiger partial charge in [-0.3, -0.25) is 0 Å². The lowest BCUT2D eigenvalue weighted by atomic mass is 10.1. The summed E-state index contributed by atoms with van der Waals surface area (Å²) < 4.78 is 5.45. The zero-order valence-corrected chi connectivity index (χ0v) is 13.6. The number of carbonyl (C=O) groups excluding carboxylic acids is 1. The molecule has 0 N–H and O–H groups in total. The number of pyridine rings is 1. The molecule has 5 heteroatoms. The fourth-order valence-electron chi connectivity index (χ4n) is 2.33. The minimum atomic E-state index is -0.452. The third kappa shape index (κ3) is 4.09. The first kappa shape index (κ1) is 15.6. The van der Waals surface area contributed by atoms with Gasteiger partial charge in [0.15, 0.2) is 0 Å². The van der Waals surface area contributed by atoms with Gasteiger partial charge in [-0.05, 0) is 38.8 Å². The Kier molecular flexibility index (Phi) is 4.40. The topological polar surface area (TPSA) is 45.7 Å². The molecule has 2 heterocycles. The standard InChI is InChI=1S/C16H25N3O2/c1-16(2,3)21-15(20)19-10-8-12-6-7-14(18(4)5)17-13(12)9-11-19/h6-7H,8-11H2,1-5H3. The van der Waals surface area contributed by atoms with Crippen molar-refractivity contribution in [1.82, 2.24) is 9.88 Å². The van der Waals surface area contributed by atoms with E-state index in [-0.39, 0.29) is 6.09 Å². The van der Waals surface area contributed by atoms with Gasteiger partial charge in [-0.15, -0.1) is 0 Å². The van der Waals surface area contributed by atoms with E-state index in [1.54, 1.807) is 4.90 Å². The van der Waals surface area contributed by atoms with Crippen LogP contribution in [0, 0.1) is 0 Å². The highest BCUT2D eigenvalue weighted by Gasteiger charge is 2.24. The third-order valence-electron chi connectivity index (χ3n) is 3.43. The maximum Gasteiger partial charge on any atom is 0.410 e. The zero-order chi connectivity index (χ0) is 15.6. The van der Waals surface area contributed by atoms with Crippen LogP contribution in [0.15, 0.2) is 12.1 Å². The van der Waals surface area contributed by atoms with E-state index in [4.69, 9.17) is 4.74 Å². The Hall–Kier alpha value is -1.78. The molecule has 1 aliphatic rings. The predicted molar refractivity (Wildman–Crippen MR) is 83.8 cm³/mol. The van der Waals surface area contributed by atoms with Crippen molar-refractivity contribution >= 4 is 11.9 Å². The van der Waals surface area contributed by atoms with Crippen molar-refractivity contribution in [2.45, 2.75) is 39.2 Å². The molecular weight excluding hydrogens is 266 g/mol. The second-order valence-electron chi connectivity index (χ2n) is 6.64. The maximum absolute atomic E-state index is 12.2. The molecule has 116 valence electrons. The third-order valence-corrected chi connectivity index (χ3v) is 3.43. The van der Waals surface area contributed by atoms with E-state index < -0.39 is 5.60 Å². The van der Waals surface area contributed by atoms with E-state index in [0.29, 0.717) is 13.1 Å². The maximum atomic E-state index is 12.2. The molecule has 0 unspecified atom stereocenters. The Morgan fingerprint density at radius 2 is 1.90 bits per heavy atom. The zero-order valence-electron chi connectivity index (χ0n) is 13.6. The SMILES string of the molecule is CN(C)c1ccc2c(n1)CCN(C(=O)OC(C)(C)C)CC2. The number of ether oxygens (including phenoxy) is 1. The first-order valence-corrected chi connectivity index (χ1v) is 7.40. The molecule has 1 aromatic heterocycles. The van der Waals surface area contributed by atoms with Crippen LogP contribution < -0.4 is 4.90 Å². The molecule has 21 heavy (non-hydrogen) atoms. The first-order valence-electron chi connectivity index (χ1n) is 7.40. The smallest absolute Gasteiger partial charge is 0.410 e. The molecule has 5 nitrogen and oxygen atoms in total. The monoisotopic (exact) mass is 291 g/mol. The van der Waals surface area contributed by atoms with Crippen LogP contribution in [0.25, 0.3) is 0 Å². The Morgan fingerprint density at radius 1 is 1.24 bits per heavy atom. The van der Waals surface area contributed by atoms with Gasteiger partial charge in [0, 0.05) is 39.3 Å². The van der Waals surface area contributed by atoms with E-state index in [1.807, 2.05) is 45.8 Å². The number of hydrogen-bond acceptors (Lipinski definition) is 4. The summed E-state index contributed by atoms with van der Waals surface area (Å²) in [5.41, 5.74) is 1.87. The lowest BCUT2D eigenvalue weighted by Gasteiger charge is -2.26. The Labute approximate surface area is 126 Å². The summed E-state index contributed by atoms with van der Waals surface area (Å²) >= 11 is 0. The van der Waals surface area contributed by atoms with Gasteiger partial charge in [0.05, 0.1) is 0 Å². The van der Waals surface area contributed by atoms with Crippen molar-refractivity contribution < 1.29 is 9.53 Å². The van der Waals surface area contributed by atoms with Crippen molar-refractivity contribution in [2.75, 3.05) is 32.1 Å². The highest BCUT2D eigenvalue weighted by Crippen LogP contribution is 2.19. The molecule has 1 aliphatic heterocycles. The van der Waals surface area contributed by atoms with E-state index in [2.05, 4.69) is 11.1 Å². The van der Waals surface area contributed by atoms with Crippen LogP contribution in [0.4, 0.5) is 10.6 Å². The average molecular weight is 291 g/mol. The predicted octanol–water partition coefficient (Wildman–Crippen LogP) is 2.48. The number of fused-ring (bicyclic) bond motifs is 1. The molecule has 1 amide bonds. The summed E-state index contributed by atoms with van der Waals surface area (Å²) in [5.74, 6) is 0.958. The van der Waals surface area contributed by atoms with E-state index in [1.165, 1.54) is 5.56 Å². The quantitative estimate of drug-likeness (QED) is 0.797. The molecule has 0 spiro atoms. The number of amides is 1. The summed E-state index contributed by atoms with van der Waals surface area (Å²) in [6.45, 7) is 7.02. The lowest BCUT2D eigenvalue weighted by molar-refractivity contribution is 0.0258. The minimum Gasteiger partial charge on any atom is -0.444 e. The number of hydrogen-bond donors (Lipinski definition) is 0. The molecule has 0 saturated heterocycles. The molecule has 0 saturated carbocycles. The van der Waals surface area contributed by atoms with Crippen LogP contribution in [0.2, 0.25) is 0 Å². The van der Waals surface area contributed by atoms with Crippen molar-refractivity contribution in [3.63, 3.8) is 0 Å². The summed E-state index contributed by atoms with van der Waals surface area (Å²) in [7, 11) is 3.97. The fourth-order valence-corrected chi connectivity index (χ4v) is 2.33. The first-order chi connectivity index (χ1) is 9.76. The van der Waals surface area contributed by atoms with Crippen LogP contribution in [0.3, 0.4) is 0 Å².